The molecule has 0 N–H and O–H groups in total. The van der Waals surface area contributed by atoms with Gasteiger partial charge in [-0.2, -0.15) is 0 Å². The average Bonchev–Trinajstić information content (AvgIpc) is 2.69. The van der Waals surface area contributed by atoms with Crippen molar-refractivity contribution in [1.29, 1.82) is 0 Å². The minimum Gasteiger partial charge on any atom is -0.465 e. The van der Waals surface area contributed by atoms with Gasteiger partial charge in [0.05, 0.1) is 19.4 Å². The van der Waals surface area contributed by atoms with Crippen molar-refractivity contribution in [2.24, 2.45) is 5.34 Å². The van der Waals surface area contributed by atoms with Crippen LogP contribution in [-0.2, 0) is 20.9 Å². The first-order valence-corrected chi connectivity index (χ1v) is 6.68. The maximum atomic E-state index is 11.2. The zero-order chi connectivity index (χ0) is 15.8. The summed E-state index contributed by atoms with van der Waals surface area (Å²) in [5, 5.41) is 2.26. The van der Waals surface area contributed by atoms with Crippen molar-refractivity contribution in [2.75, 3.05) is 14.2 Å². The molecule has 1 rings (SSSR count). The number of ether oxygens (including phenoxy) is 2. The van der Waals surface area contributed by atoms with E-state index >= 15 is 0 Å². The van der Waals surface area contributed by atoms with E-state index in [2.05, 4.69) is 19.9 Å². The third kappa shape index (κ3) is 7.37. The van der Waals surface area contributed by atoms with Gasteiger partial charge >= 0.3 is 5.97 Å². The minimum atomic E-state index is -0.434. The van der Waals surface area contributed by atoms with Gasteiger partial charge in [-0.3, -0.25) is 0 Å². The second-order valence-electron chi connectivity index (χ2n) is 4.45. The largest absolute Gasteiger partial charge is 0.465 e. The van der Waals surface area contributed by atoms with Gasteiger partial charge in [0, 0.05) is 7.11 Å². The van der Waals surface area contributed by atoms with E-state index in [1.165, 1.54) is 14.2 Å². The van der Waals surface area contributed by atoms with Crippen LogP contribution in [0.15, 0.2) is 5.34 Å². The Morgan fingerprint density at radius 1 is 1.40 bits per heavy atom. The Balaban J connectivity index is 0.000000441. The molecule has 0 amide bonds. The molecule has 0 aromatic carbocycles. The third-order valence-electron chi connectivity index (χ3n) is 1.63. The van der Waals surface area contributed by atoms with E-state index < -0.39 is 11.6 Å². The normalized spacial score (nSPS) is 10.3. The molecule has 0 unspecified atom stereocenters. The zero-order valence-electron chi connectivity index (χ0n) is 11.9. The van der Waals surface area contributed by atoms with Crippen LogP contribution in [0.25, 0.3) is 0 Å². The molecule has 9 heteroatoms. The Hall–Kier alpha value is -1.25. The smallest absolute Gasteiger partial charge is 0.350 e. The van der Waals surface area contributed by atoms with Gasteiger partial charge < -0.3 is 14.3 Å². The van der Waals surface area contributed by atoms with Crippen LogP contribution in [0.4, 0.5) is 0 Å². The first kappa shape index (κ1) is 18.8. The van der Waals surface area contributed by atoms with Crippen LogP contribution in [-0.4, -0.2) is 30.8 Å². The maximum absolute atomic E-state index is 11.2. The molecule has 0 saturated heterocycles. The van der Waals surface area contributed by atoms with Crippen molar-refractivity contribution >= 4 is 28.9 Å². The highest BCUT2D eigenvalue weighted by molar-refractivity contribution is 7.17. The molecule has 1 aromatic rings. The summed E-state index contributed by atoms with van der Waals surface area (Å²) in [6, 6.07) is 0. The number of aromatic nitrogens is 1. The number of esters is 1. The van der Waals surface area contributed by atoms with Gasteiger partial charge in [0.2, 0.25) is 0 Å². The number of carbonyl (C=O) groups excluding carboxylic acids is 1. The van der Waals surface area contributed by atoms with Crippen molar-refractivity contribution in [1.82, 2.24) is 4.98 Å². The topological polar surface area (TPSA) is 87.1 Å². The van der Waals surface area contributed by atoms with Gasteiger partial charge in [0.15, 0.2) is 9.81 Å². The van der Waals surface area contributed by atoms with E-state index in [0.717, 1.165) is 11.3 Å². The van der Waals surface area contributed by atoms with Crippen LogP contribution in [0.2, 0.25) is 4.47 Å². The Kier molecular flexibility index (Phi) is 8.28. The third-order valence-corrected chi connectivity index (χ3v) is 2.82. The maximum Gasteiger partial charge on any atom is 0.350 e. The molecule has 114 valence electrons. The minimum absolute atomic E-state index is 0.258. The fourth-order valence-electron chi connectivity index (χ4n) is 0.921. The monoisotopic (exact) mass is 324 g/mol. The van der Waals surface area contributed by atoms with Crippen LogP contribution < -0.4 is 0 Å². The molecule has 0 bridgehead atoms. The fourth-order valence-corrected chi connectivity index (χ4v) is 1.97. The molecule has 20 heavy (non-hydrogen) atoms. The summed E-state index contributed by atoms with van der Waals surface area (Å²) >= 11 is 6.73. The summed E-state index contributed by atoms with van der Waals surface area (Å²) in [6.45, 7) is 5.53. The lowest BCUT2D eigenvalue weighted by atomic mass is 10.2. The summed E-state index contributed by atoms with van der Waals surface area (Å²) in [5.41, 5.74) is 0.0891. The van der Waals surface area contributed by atoms with Crippen molar-refractivity contribution in [3.63, 3.8) is 0 Å². The molecule has 0 saturated carbocycles. The molecule has 0 aliphatic rings. The molecule has 0 aliphatic heterocycles. The molecule has 0 fully saturated rings. The van der Waals surface area contributed by atoms with Crippen molar-refractivity contribution < 1.29 is 19.1 Å². The quantitative estimate of drug-likeness (QED) is 0.480. The second kappa shape index (κ2) is 8.83. The van der Waals surface area contributed by atoms with E-state index in [4.69, 9.17) is 16.3 Å². The van der Waals surface area contributed by atoms with Gasteiger partial charge in [0.1, 0.15) is 10.5 Å². The van der Waals surface area contributed by atoms with Gasteiger partial charge in [-0.15, -0.1) is 4.91 Å². The van der Waals surface area contributed by atoms with E-state index in [-0.39, 0.29) is 6.61 Å². The molecule has 0 radical (unpaired) electrons. The van der Waals surface area contributed by atoms with E-state index in [9.17, 15) is 9.70 Å². The number of hydrogen-bond donors (Lipinski definition) is 0. The lowest BCUT2D eigenvalue weighted by Crippen LogP contribution is -2.14. The molecular weight excluding hydrogens is 308 g/mol. The Bertz CT molecular complexity index is 445. The molecule has 0 atom stereocenters. The lowest BCUT2D eigenvalue weighted by Gasteiger charge is -2.11. The molecular formula is C11H17ClN2O5S. The summed E-state index contributed by atoms with van der Waals surface area (Å²) in [5.74, 6) is -0.434. The molecule has 7 nitrogen and oxygen atoms in total. The Labute approximate surface area is 126 Å². The molecule has 1 aromatic heterocycles. The summed E-state index contributed by atoms with van der Waals surface area (Å²) in [4.78, 5) is 29.1. The average molecular weight is 325 g/mol. The second-order valence-corrected chi connectivity index (χ2v) is 6.03. The van der Waals surface area contributed by atoms with Crippen LogP contribution in [0.3, 0.4) is 0 Å². The number of halogens is 1. The van der Waals surface area contributed by atoms with E-state index in [1.807, 2.05) is 0 Å². The van der Waals surface area contributed by atoms with Gasteiger partial charge in [-0.05, 0) is 20.8 Å². The lowest BCUT2D eigenvalue weighted by molar-refractivity contribution is -0.00230. The van der Waals surface area contributed by atoms with Crippen LogP contribution >= 0.6 is 22.9 Å². The Morgan fingerprint density at radius 2 is 2.00 bits per heavy atom. The van der Waals surface area contributed by atoms with Crippen LogP contribution in [0.1, 0.15) is 36.1 Å². The number of rotatable bonds is 4. The number of carbonyl (C=O) groups is 1. The van der Waals surface area contributed by atoms with Crippen molar-refractivity contribution in [3.8, 4) is 0 Å². The predicted octanol–water partition coefficient (Wildman–Crippen LogP) is 3.21. The highest BCUT2D eigenvalue weighted by Gasteiger charge is 2.17. The number of methoxy groups -OCH3 is 2. The zero-order valence-corrected chi connectivity index (χ0v) is 13.5. The summed E-state index contributed by atoms with van der Waals surface area (Å²) in [7, 11) is 2.83. The van der Waals surface area contributed by atoms with Crippen molar-refractivity contribution in [2.45, 2.75) is 33.0 Å². The molecule has 1 heterocycles. The highest BCUT2D eigenvalue weighted by atomic mass is 35.5. The van der Waals surface area contributed by atoms with Gasteiger partial charge in [-0.1, -0.05) is 22.9 Å². The summed E-state index contributed by atoms with van der Waals surface area (Å²) < 4.78 is 9.72. The first-order valence-electron chi connectivity index (χ1n) is 5.48. The van der Waals surface area contributed by atoms with E-state index in [1.54, 1.807) is 20.8 Å². The van der Waals surface area contributed by atoms with Gasteiger partial charge in [0.25, 0.3) is 0 Å². The van der Waals surface area contributed by atoms with Crippen LogP contribution in [0.5, 0.6) is 0 Å². The SMILES string of the molecule is CC(C)(C)ON=O.COCc1nc(Cl)sc1C(=O)OC. The predicted molar refractivity (Wildman–Crippen MR) is 75.8 cm³/mol. The standard InChI is InChI=1S/C7H8ClNO3S.C4H9NO2/c1-11-3-4-5(6(10)12-2)13-7(8)9-4;1-4(2,3)7-5-6/h3H2,1-2H3;1-3H3. The Morgan fingerprint density at radius 3 is 2.35 bits per heavy atom. The molecule has 0 spiro atoms. The number of hydrogen-bond acceptors (Lipinski definition) is 8. The number of thiazole rings is 1. The fraction of sp³-hybridized carbons (Fsp3) is 0.636. The van der Waals surface area contributed by atoms with Gasteiger partial charge in [-0.25, -0.2) is 9.78 Å². The van der Waals surface area contributed by atoms with E-state index in [0.29, 0.717) is 15.0 Å². The molecule has 0 aliphatic carbocycles. The first-order chi connectivity index (χ1) is 9.25. The highest BCUT2D eigenvalue weighted by Crippen LogP contribution is 2.23. The summed E-state index contributed by atoms with van der Waals surface area (Å²) in [6.07, 6.45) is 0. The van der Waals surface area contributed by atoms with Crippen LogP contribution in [0, 0.1) is 4.91 Å². The van der Waals surface area contributed by atoms with Crippen molar-refractivity contribution in [3.05, 3.63) is 19.9 Å². The number of nitrogens with zero attached hydrogens (tertiary/aromatic N) is 2.